The quantitative estimate of drug-likeness (QED) is 0.856. The highest BCUT2D eigenvalue weighted by atomic mass is 16.5. The fourth-order valence-electron chi connectivity index (χ4n) is 2.69. The summed E-state index contributed by atoms with van der Waals surface area (Å²) in [6.45, 7) is 5.79. The zero-order valence-corrected chi connectivity index (χ0v) is 12.0. The molecule has 0 aromatic heterocycles. The second-order valence-electron chi connectivity index (χ2n) is 5.47. The van der Waals surface area contributed by atoms with Crippen LogP contribution in [0.1, 0.15) is 38.2 Å². The number of benzene rings is 1. The summed E-state index contributed by atoms with van der Waals surface area (Å²) in [5.74, 6) is 1.66. The molecule has 0 heterocycles. The Morgan fingerprint density at radius 3 is 2.63 bits per heavy atom. The van der Waals surface area contributed by atoms with Crippen molar-refractivity contribution in [2.45, 2.75) is 45.6 Å². The van der Waals surface area contributed by atoms with E-state index in [0.29, 0.717) is 12.5 Å². The van der Waals surface area contributed by atoms with Crippen molar-refractivity contribution in [3.05, 3.63) is 23.8 Å². The Labute approximate surface area is 116 Å². The van der Waals surface area contributed by atoms with Crippen LogP contribution in [0.15, 0.2) is 18.2 Å². The first kappa shape index (κ1) is 14.2. The molecule has 1 saturated carbocycles. The minimum atomic E-state index is -0.0658. The van der Waals surface area contributed by atoms with Gasteiger partial charge in [0.2, 0.25) is 0 Å². The molecule has 1 fully saturated rings. The summed E-state index contributed by atoms with van der Waals surface area (Å²) < 4.78 is 5.54. The van der Waals surface area contributed by atoms with E-state index in [1.54, 1.807) is 0 Å². The molecule has 0 bridgehead atoms. The third kappa shape index (κ3) is 4.13. The molecule has 0 aliphatic heterocycles. The van der Waals surface area contributed by atoms with Crippen molar-refractivity contribution in [2.24, 2.45) is 5.92 Å². The lowest BCUT2D eigenvalue weighted by Crippen LogP contribution is -2.23. The molecule has 1 aromatic rings. The van der Waals surface area contributed by atoms with Gasteiger partial charge in [-0.05, 0) is 69.2 Å². The Kier molecular flexibility index (Phi) is 5.08. The van der Waals surface area contributed by atoms with Crippen LogP contribution in [0.25, 0.3) is 0 Å². The van der Waals surface area contributed by atoms with Gasteiger partial charge in [-0.25, -0.2) is 0 Å². The lowest BCUT2D eigenvalue weighted by Gasteiger charge is -2.25. The predicted molar refractivity (Wildman–Crippen MR) is 78.8 cm³/mol. The molecule has 2 rings (SSSR count). The van der Waals surface area contributed by atoms with Crippen molar-refractivity contribution in [1.29, 1.82) is 0 Å². The Bertz CT molecular complexity index is 398. The fourth-order valence-corrected chi connectivity index (χ4v) is 2.69. The topological polar surface area (TPSA) is 41.5 Å². The largest absolute Gasteiger partial charge is 0.494 e. The predicted octanol–water partition coefficient (Wildman–Crippen LogP) is 3.36. The summed E-state index contributed by atoms with van der Waals surface area (Å²) in [5, 5.41) is 13.0. The van der Waals surface area contributed by atoms with E-state index in [-0.39, 0.29) is 6.10 Å². The molecule has 2 N–H and O–H groups in total. The number of rotatable bonds is 5. The molecule has 1 aliphatic carbocycles. The SMILES string of the molecule is CCOc1ccc(NCC2CCC(O)CC2)cc1C. The van der Waals surface area contributed by atoms with Gasteiger partial charge in [-0.1, -0.05) is 0 Å². The van der Waals surface area contributed by atoms with E-state index in [1.807, 2.05) is 13.0 Å². The van der Waals surface area contributed by atoms with Crippen LogP contribution in [0, 0.1) is 12.8 Å². The van der Waals surface area contributed by atoms with Gasteiger partial charge in [0.05, 0.1) is 12.7 Å². The van der Waals surface area contributed by atoms with Crippen LogP contribution in [-0.2, 0) is 0 Å². The Balaban J connectivity index is 1.84. The molecule has 3 nitrogen and oxygen atoms in total. The van der Waals surface area contributed by atoms with E-state index in [9.17, 15) is 5.11 Å². The maximum atomic E-state index is 9.50. The Hall–Kier alpha value is -1.22. The van der Waals surface area contributed by atoms with Crippen molar-refractivity contribution < 1.29 is 9.84 Å². The second-order valence-corrected chi connectivity index (χ2v) is 5.47. The van der Waals surface area contributed by atoms with Crippen LogP contribution in [0.3, 0.4) is 0 Å². The van der Waals surface area contributed by atoms with Crippen molar-refractivity contribution in [2.75, 3.05) is 18.5 Å². The summed E-state index contributed by atoms with van der Waals surface area (Å²) in [4.78, 5) is 0. The lowest BCUT2D eigenvalue weighted by atomic mass is 9.87. The molecule has 1 aromatic carbocycles. The van der Waals surface area contributed by atoms with E-state index in [4.69, 9.17) is 4.74 Å². The van der Waals surface area contributed by atoms with Gasteiger partial charge in [-0.3, -0.25) is 0 Å². The number of aliphatic hydroxyl groups is 1. The molecular formula is C16H25NO2. The summed E-state index contributed by atoms with van der Waals surface area (Å²) in [6, 6.07) is 6.25. The molecule has 0 saturated heterocycles. The minimum Gasteiger partial charge on any atom is -0.494 e. The number of hydrogen-bond donors (Lipinski definition) is 2. The van der Waals surface area contributed by atoms with Crippen LogP contribution in [0.2, 0.25) is 0 Å². The molecule has 0 amide bonds. The minimum absolute atomic E-state index is 0.0658. The third-order valence-corrected chi connectivity index (χ3v) is 3.89. The standard InChI is InChI=1S/C16H25NO2/c1-3-19-16-9-6-14(10-12(16)2)17-11-13-4-7-15(18)8-5-13/h6,9-10,13,15,17-18H,3-5,7-8,11H2,1-2H3. The average Bonchev–Trinajstić information content (AvgIpc) is 2.41. The van der Waals surface area contributed by atoms with E-state index in [0.717, 1.165) is 43.7 Å². The molecule has 0 spiro atoms. The Morgan fingerprint density at radius 2 is 2.00 bits per heavy atom. The highest BCUT2D eigenvalue weighted by Crippen LogP contribution is 2.26. The number of aryl methyl sites for hydroxylation is 1. The van der Waals surface area contributed by atoms with Gasteiger partial charge < -0.3 is 15.2 Å². The van der Waals surface area contributed by atoms with Gasteiger partial charge in [0.1, 0.15) is 5.75 Å². The smallest absolute Gasteiger partial charge is 0.122 e. The number of aliphatic hydroxyl groups excluding tert-OH is 1. The highest BCUT2D eigenvalue weighted by molar-refractivity contribution is 5.50. The molecular weight excluding hydrogens is 238 g/mol. The number of nitrogens with one attached hydrogen (secondary N) is 1. The van der Waals surface area contributed by atoms with Crippen molar-refractivity contribution in [1.82, 2.24) is 0 Å². The monoisotopic (exact) mass is 263 g/mol. The molecule has 0 atom stereocenters. The highest BCUT2D eigenvalue weighted by Gasteiger charge is 2.18. The van der Waals surface area contributed by atoms with Crippen LogP contribution in [-0.4, -0.2) is 24.4 Å². The number of anilines is 1. The van der Waals surface area contributed by atoms with Crippen LogP contribution >= 0.6 is 0 Å². The number of hydrogen-bond acceptors (Lipinski definition) is 3. The molecule has 3 heteroatoms. The van der Waals surface area contributed by atoms with Gasteiger partial charge >= 0.3 is 0 Å². The molecule has 0 unspecified atom stereocenters. The van der Waals surface area contributed by atoms with Gasteiger partial charge in [-0.15, -0.1) is 0 Å². The molecule has 19 heavy (non-hydrogen) atoms. The normalized spacial score (nSPS) is 23.1. The Morgan fingerprint density at radius 1 is 1.26 bits per heavy atom. The van der Waals surface area contributed by atoms with Crippen molar-refractivity contribution in [3.8, 4) is 5.75 Å². The first-order valence-corrected chi connectivity index (χ1v) is 7.34. The summed E-state index contributed by atoms with van der Waals surface area (Å²) >= 11 is 0. The zero-order valence-electron chi connectivity index (χ0n) is 12.0. The second kappa shape index (κ2) is 6.80. The number of ether oxygens (including phenoxy) is 1. The average molecular weight is 263 g/mol. The molecule has 1 aliphatic rings. The first-order chi connectivity index (χ1) is 9.19. The fraction of sp³-hybridized carbons (Fsp3) is 0.625. The summed E-state index contributed by atoms with van der Waals surface area (Å²) in [7, 11) is 0. The third-order valence-electron chi connectivity index (χ3n) is 3.89. The first-order valence-electron chi connectivity index (χ1n) is 7.34. The van der Waals surface area contributed by atoms with E-state index >= 15 is 0 Å². The van der Waals surface area contributed by atoms with Crippen LogP contribution in [0.4, 0.5) is 5.69 Å². The maximum absolute atomic E-state index is 9.50. The summed E-state index contributed by atoms with van der Waals surface area (Å²) in [5.41, 5.74) is 2.33. The van der Waals surface area contributed by atoms with Crippen LogP contribution < -0.4 is 10.1 Å². The van der Waals surface area contributed by atoms with Crippen LogP contribution in [0.5, 0.6) is 5.75 Å². The van der Waals surface area contributed by atoms with E-state index in [2.05, 4.69) is 24.4 Å². The van der Waals surface area contributed by atoms with Gasteiger partial charge in [0.25, 0.3) is 0 Å². The van der Waals surface area contributed by atoms with Crippen molar-refractivity contribution in [3.63, 3.8) is 0 Å². The van der Waals surface area contributed by atoms with Gasteiger partial charge in [0, 0.05) is 12.2 Å². The van der Waals surface area contributed by atoms with E-state index in [1.165, 1.54) is 5.56 Å². The van der Waals surface area contributed by atoms with Gasteiger partial charge in [-0.2, -0.15) is 0 Å². The van der Waals surface area contributed by atoms with E-state index < -0.39 is 0 Å². The summed E-state index contributed by atoms with van der Waals surface area (Å²) in [6.07, 6.45) is 4.10. The lowest BCUT2D eigenvalue weighted by molar-refractivity contribution is 0.111. The maximum Gasteiger partial charge on any atom is 0.122 e. The zero-order chi connectivity index (χ0) is 13.7. The molecule has 0 radical (unpaired) electrons. The van der Waals surface area contributed by atoms with Crippen molar-refractivity contribution >= 4 is 5.69 Å². The molecule has 106 valence electrons. The van der Waals surface area contributed by atoms with Gasteiger partial charge in [0.15, 0.2) is 0 Å².